The highest BCUT2D eigenvalue weighted by atomic mass is 32.1. The summed E-state index contributed by atoms with van der Waals surface area (Å²) in [4.78, 5) is 18.4. The third-order valence-electron chi connectivity index (χ3n) is 3.49. The van der Waals surface area contributed by atoms with Crippen molar-refractivity contribution in [3.05, 3.63) is 36.4 Å². The van der Waals surface area contributed by atoms with Gasteiger partial charge >= 0.3 is 0 Å². The van der Waals surface area contributed by atoms with Crippen molar-refractivity contribution in [3.8, 4) is 0 Å². The normalized spacial score (nSPS) is 18.1. The van der Waals surface area contributed by atoms with Gasteiger partial charge in [0, 0.05) is 13.5 Å². The fourth-order valence-electron chi connectivity index (χ4n) is 2.34. The second-order valence-electron chi connectivity index (χ2n) is 4.89. The monoisotopic (exact) mass is 272 g/mol. The number of carbonyl (C=O) groups is 1. The summed E-state index contributed by atoms with van der Waals surface area (Å²) < 4.78 is 1.12. The Morgan fingerprint density at radius 2 is 2.32 bits per heavy atom. The number of allylic oxidation sites excluding steroid dienone is 2. The molecule has 0 spiro atoms. The summed E-state index contributed by atoms with van der Waals surface area (Å²) in [5, 5.41) is 0.785. The maximum atomic E-state index is 12.2. The first-order valence-electron chi connectivity index (χ1n) is 6.53. The Balaban J connectivity index is 1.76. The van der Waals surface area contributed by atoms with Gasteiger partial charge in [0.2, 0.25) is 5.91 Å². The van der Waals surface area contributed by atoms with E-state index < -0.39 is 0 Å². The van der Waals surface area contributed by atoms with Gasteiger partial charge in [-0.1, -0.05) is 35.6 Å². The molecule has 0 aliphatic heterocycles. The van der Waals surface area contributed by atoms with Crippen molar-refractivity contribution in [2.75, 3.05) is 11.9 Å². The van der Waals surface area contributed by atoms with Crippen LogP contribution >= 0.6 is 11.3 Å². The smallest absolute Gasteiger partial charge is 0.229 e. The molecule has 1 aliphatic carbocycles. The molecular weight excluding hydrogens is 256 g/mol. The summed E-state index contributed by atoms with van der Waals surface area (Å²) >= 11 is 1.57. The number of thiazole rings is 1. The van der Waals surface area contributed by atoms with Gasteiger partial charge in [0.15, 0.2) is 5.13 Å². The summed E-state index contributed by atoms with van der Waals surface area (Å²) in [5.74, 6) is 0.555. The highest BCUT2D eigenvalue weighted by Gasteiger charge is 2.19. The van der Waals surface area contributed by atoms with Crippen LogP contribution in [0.4, 0.5) is 5.13 Å². The van der Waals surface area contributed by atoms with Crippen molar-refractivity contribution in [1.82, 2.24) is 4.98 Å². The van der Waals surface area contributed by atoms with Crippen LogP contribution < -0.4 is 4.90 Å². The van der Waals surface area contributed by atoms with Gasteiger partial charge in [-0.05, 0) is 30.9 Å². The topological polar surface area (TPSA) is 33.2 Å². The Kier molecular flexibility index (Phi) is 3.34. The standard InChI is InChI=1S/C15H16N2OS/c1-17(14(18)10-11-6-2-3-7-11)15-16-12-8-4-5-9-13(12)19-15/h2,4-6,8-9,11H,3,7,10H2,1H3. The number of rotatable bonds is 3. The third-order valence-corrected chi connectivity index (χ3v) is 4.61. The highest BCUT2D eigenvalue weighted by molar-refractivity contribution is 7.22. The van der Waals surface area contributed by atoms with E-state index >= 15 is 0 Å². The average molecular weight is 272 g/mol. The van der Waals surface area contributed by atoms with E-state index in [1.54, 1.807) is 16.2 Å². The fourth-order valence-corrected chi connectivity index (χ4v) is 3.28. The molecule has 1 amide bonds. The van der Waals surface area contributed by atoms with Crippen LogP contribution in [-0.4, -0.2) is 17.9 Å². The lowest BCUT2D eigenvalue weighted by Gasteiger charge is -2.15. The fraction of sp³-hybridized carbons (Fsp3) is 0.333. The van der Waals surface area contributed by atoms with E-state index in [-0.39, 0.29) is 5.91 Å². The molecule has 0 fully saturated rings. The summed E-state index contributed by atoms with van der Waals surface area (Å²) in [6.45, 7) is 0. The van der Waals surface area contributed by atoms with Gasteiger partial charge in [0.05, 0.1) is 10.2 Å². The lowest BCUT2D eigenvalue weighted by Crippen LogP contribution is -2.27. The van der Waals surface area contributed by atoms with Crippen LogP contribution in [0, 0.1) is 5.92 Å². The lowest BCUT2D eigenvalue weighted by atomic mass is 10.0. The number of benzene rings is 1. The van der Waals surface area contributed by atoms with Gasteiger partial charge in [-0.3, -0.25) is 9.69 Å². The molecule has 98 valence electrons. The van der Waals surface area contributed by atoms with Crippen LogP contribution in [-0.2, 0) is 4.79 Å². The maximum absolute atomic E-state index is 12.2. The van der Waals surface area contributed by atoms with Crippen molar-refractivity contribution < 1.29 is 4.79 Å². The van der Waals surface area contributed by atoms with E-state index in [1.165, 1.54) is 0 Å². The molecule has 1 aromatic heterocycles. The zero-order chi connectivity index (χ0) is 13.2. The van der Waals surface area contributed by atoms with E-state index in [0.717, 1.165) is 28.2 Å². The SMILES string of the molecule is CN(C(=O)CC1C=CCC1)c1nc2ccccc2s1. The first kappa shape index (κ1) is 12.4. The summed E-state index contributed by atoms with van der Waals surface area (Å²) in [5.41, 5.74) is 0.961. The van der Waals surface area contributed by atoms with Crippen LogP contribution in [0.2, 0.25) is 0 Å². The number of para-hydroxylation sites is 1. The third kappa shape index (κ3) is 2.54. The molecule has 1 aliphatic rings. The van der Waals surface area contributed by atoms with Gasteiger partial charge in [-0.15, -0.1) is 0 Å². The lowest BCUT2D eigenvalue weighted by molar-refractivity contribution is -0.118. The van der Waals surface area contributed by atoms with Crippen LogP contribution in [0.3, 0.4) is 0 Å². The first-order valence-corrected chi connectivity index (χ1v) is 7.34. The van der Waals surface area contributed by atoms with E-state index in [1.807, 2.05) is 31.3 Å². The number of carbonyl (C=O) groups excluding carboxylic acids is 1. The average Bonchev–Trinajstić information content (AvgIpc) is 3.05. The Labute approximate surface area is 116 Å². The highest BCUT2D eigenvalue weighted by Crippen LogP contribution is 2.29. The maximum Gasteiger partial charge on any atom is 0.229 e. The number of amides is 1. The van der Waals surface area contributed by atoms with Crippen LogP contribution in [0.1, 0.15) is 19.3 Å². The molecule has 0 saturated carbocycles. The molecular formula is C15H16N2OS. The summed E-state index contributed by atoms with van der Waals surface area (Å²) in [6.07, 6.45) is 7.10. The van der Waals surface area contributed by atoms with Crippen molar-refractivity contribution in [2.24, 2.45) is 5.92 Å². The summed E-state index contributed by atoms with van der Waals surface area (Å²) in [7, 11) is 1.82. The van der Waals surface area contributed by atoms with Gasteiger partial charge in [-0.2, -0.15) is 0 Å². The van der Waals surface area contributed by atoms with E-state index in [0.29, 0.717) is 12.3 Å². The minimum absolute atomic E-state index is 0.149. The Bertz CT molecular complexity index is 599. The number of nitrogens with zero attached hydrogens (tertiary/aromatic N) is 2. The van der Waals surface area contributed by atoms with Crippen LogP contribution in [0.25, 0.3) is 10.2 Å². The Hall–Kier alpha value is -1.68. The molecule has 1 aromatic carbocycles. The molecule has 1 atom stereocenters. The Morgan fingerprint density at radius 3 is 3.05 bits per heavy atom. The first-order chi connectivity index (χ1) is 9.24. The minimum Gasteiger partial charge on any atom is -0.291 e. The van der Waals surface area contributed by atoms with Gasteiger partial charge in [-0.25, -0.2) is 4.98 Å². The molecule has 3 nitrogen and oxygen atoms in total. The molecule has 1 heterocycles. The molecule has 4 heteroatoms. The number of fused-ring (bicyclic) bond motifs is 1. The molecule has 0 bridgehead atoms. The number of aromatic nitrogens is 1. The molecule has 19 heavy (non-hydrogen) atoms. The number of anilines is 1. The van der Waals surface area contributed by atoms with E-state index in [2.05, 4.69) is 17.1 Å². The zero-order valence-corrected chi connectivity index (χ0v) is 11.7. The van der Waals surface area contributed by atoms with Crippen molar-refractivity contribution in [2.45, 2.75) is 19.3 Å². The van der Waals surface area contributed by atoms with Gasteiger partial charge in [0.1, 0.15) is 0 Å². The van der Waals surface area contributed by atoms with E-state index in [4.69, 9.17) is 0 Å². The van der Waals surface area contributed by atoms with Crippen LogP contribution in [0.15, 0.2) is 36.4 Å². The van der Waals surface area contributed by atoms with Gasteiger partial charge < -0.3 is 0 Å². The molecule has 3 rings (SSSR count). The minimum atomic E-state index is 0.149. The molecule has 2 aromatic rings. The Morgan fingerprint density at radius 1 is 1.47 bits per heavy atom. The molecule has 0 saturated heterocycles. The molecule has 1 unspecified atom stereocenters. The predicted molar refractivity (Wildman–Crippen MR) is 79.5 cm³/mol. The zero-order valence-electron chi connectivity index (χ0n) is 10.9. The van der Waals surface area contributed by atoms with Crippen molar-refractivity contribution in [3.63, 3.8) is 0 Å². The van der Waals surface area contributed by atoms with E-state index in [9.17, 15) is 4.79 Å². The number of hydrogen-bond donors (Lipinski definition) is 0. The predicted octanol–water partition coefficient (Wildman–Crippen LogP) is 3.62. The molecule has 0 radical (unpaired) electrons. The van der Waals surface area contributed by atoms with Crippen molar-refractivity contribution >= 4 is 32.6 Å². The second kappa shape index (κ2) is 5.13. The van der Waals surface area contributed by atoms with Crippen molar-refractivity contribution in [1.29, 1.82) is 0 Å². The van der Waals surface area contributed by atoms with Gasteiger partial charge in [0.25, 0.3) is 0 Å². The summed E-state index contributed by atoms with van der Waals surface area (Å²) in [6, 6.07) is 7.98. The molecule has 0 N–H and O–H groups in total. The largest absolute Gasteiger partial charge is 0.291 e. The number of hydrogen-bond acceptors (Lipinski definition) is 3. The second-order valence-corrected chi connectivity index (χ2v) is 5.90. The quantitative estimate of drug-likeness (QED) is 0.800. The van der Waals surface area contributed by atoms with Crippen LogP contribution in [0.5, 0.6) is 0 Å².